The number of aliphatic hydroxyl groups excluding tert-OH is 1. The first kappa shape index (κ1) is 38.1. The van der Waals surface area contributed by atoms with Gasteiger partial charge in [0.05, 0.1) is 23.3 Å². The van der Waals surface area contributed by atoms with Gasteiger partial charge in [-0.2, -0.15) is 0 Å². The van der Waals surface area contributed by atoms with E-state index in [9.17, 15) is 24.8 Å². The van der Waals surface area contributed by atoms with E-state index < -0.39 is 59.1 Å². The molecule has 2 aliphatic heterocycles. The normalized spacial score (nSPS) is 26.8. The van der Waals surface area contributed by atoms with Crippen LogP contribution in [0.15, 0.2) is 16.4 Å². The van der Waals surface area contributed by atoms with Gasteiger partial charge >= 0.3 is 12.1 Å². The van der Waals surface area contributed by atoms with Crippen molar-refractivity contribution in [3.63, 3.8) is 0 Å². The number of allylic oxidation sites excluding steroid dienone is 1. The average molecular weight is 640 g/mol. The van der Waals surface area contributed by atoms with Gasteiger partial charge in [-0.25, -0.2) is 9.59 Å². The summed E-state index contributed by atoms with van der Waals surface area (Å²) in [7, 11) is 1.57. The van der Waals surface area contributed by atoms with Crippen molar-refractivity contribution in [3.8, 4) is 0 Å². The second-order valence-corrected chi connectivity index (χ2v) is 13.6. The van der Waals surface area contributed by atoms with Crippen LogP contribution in [0.25, 0.3) is 10.4 Å². The lowest BCUT2D eigenvalue weighted by Crippen LogP contribution is -2.58. The van der Waals surface area contributed by atoms with Crippen molar-refractivity contribution in [1.29, 1.82) is 0 Å². The minimum atomic E-state index is -1.37. The third-order valence-electron chi connectivity index (χ3n) is 10.0. The number of unbranched alkanes of at least 4 members (excludes halogenated alkanes) is 1. The Balaban J connectivity index is 2.43. The van der Waals surface area contributed by atoms with Gasteiger partial charge in [0.25, 0.3) is 0 Å². The smallest absolute Gasteiger partial charge is 0.410 e. The maximum Gasteiger partial charge on any atom is 0.410 e. The zero-order valence-corrected chi connectivity index (χ0v) is 28.7. The molecule has 45 heavy (non-hydrogen) atoms. The van der Waals surface area contributed by atoms with Crippen LogP contribution in [0.4, 0.5) is 4.79 Å². The zero-order chi connectivity index (χ0) is 34.5. The second kappa shape index (κ2) is 15.0. The fraction of sp³-hybridized carbons (Fsp3) is 0.871. The maximum absolute atomic E-state index is 13.2. The number of azide groups is 1. The van der Waals surface area contributed by atoms with Gasteiger partial charge in [-0.15, -0.1) is 0 Å². The summed E-state index contributed by atoms with van der Waals surface area (Å²) in [6.07, 6.45) is -0.0951. The van der Waals surface area contributed by atoms with Gasteiger partial charge in [-0.3, -0.25) is 10.1 Å². The van der Waals surface area contributed by atoms with E-state index in [0.29, 0.717) is 24.2 Å². The molecule has 0 bridgehead atoms. The summed E-state index contributed by atoms with van der Waals surface area (Å²) in [6.45, 7) is 18.2. The number of esters is 1. The molecule has 1 N–H and O–H groups in total. The lowest BCUT2D eigenvalue weighted by Gasteiger charge is -2.44. The van der Waals surface area contributed by atoms with Crippen molar-refractivity contribution in [2.45, 2.75) is 130 Å². The molecule has 0 saturated carbocycles. The molecule has 2 heterocycles. The number of methoxy groups -OCH3 is 1. The van der Waals surface area contributed by atoms with Crippen molar-refractivity contribution in [3.05, 3.63) is 31.9 Å². The summed E-state index contributed by atoms with van der Waals surface area (Å²) >= 11 is 0. The molecule has 14 heteroatoms. The van der Waals surface area contributed by atoms with Gasteiger partial charge < -0.3 is 29.0 Å². The average Bonchev–Trinajstić information content (AvgIpc) is 3.22. The Morgan fingerprint density at radius 2 is 1.80 bits per heavy atom. The molecule has 0 aliphatic carbocycles. The van der Waals surface area contributed by atoms with Gasteiger partial charge in [0.2, 0.25) is 11.8 Å². The van der Waals surface area contributed by atoms with Crippen LogP contribution in [0.1, 0.15) is 94.9 Å². The van der Waals surface area contributed by atoms with E-state index in [-0.39, 0.29) is 42.7 Å². The summed E-state index contributed by atoms with van der Waals surface area (Å²) in [5, 5.41) is 27.4. The summed E-state index contributed by atoms with van der Waals surface area (Å²) in [6, 6.07) is -1.92. The van der Waals surface area contributed by atoms with Crippen LogP contribution in [-0.4, -0.2) is 82.4 Å². The molecule has 0 aromatic carbocycles. The lowest BCUT2D eigenvalue weighted by atomic mass is 9.70. The Labute approximate surface area is 266 Å². The molecule has 1 saturated heterocycles. The molecule has 0 spiro atoms. The van der Waals surface area contributed by atoms with Gasteiger partial charge in [-0.1, -0.05) is 39.7 Å². The maximum atomic E-state index is 13.2. The number of nitrogens with zero attached hydrogens (tertiary/aromatic N) is 5. The van der Waals surface area contributed by atoms with Crippen LogP contribution in [0.2, 0.25) is 0 Å². The first-order chi connectivity index (χ1) is 20.8. The van der Waals surface area contributed by atoms with Crippen LogP contribution >= 0.6 is 0 Å². The summed E-state index contributed by atoms with van der Waals surface area (Å²) in [5.41, 5.74) is 6.70. The Hall–Kier alpha value is -3.09. The van der Waals surface area contributed by atoms with Crippen LogP contribution < -0.4 is 0 Å². The predicted molar refractivity (Wildman–Crippen MR) is 166 cm³/mol. The summed E-state index contributed by atoms with van der Waals surface area (Å²) < 4.78 is 23.3. The van der Waals surface area contributed by atoms with E-state index in [1.54, 1.807) is 55.6 Å². The van der Waals surface area contributed by atoms with Gasteiger partial charge in [-0.05, 0) is 57.9 Å². The van der Waals surface area contributed by atoms with E-state index in [0.717, 1.165) is 0 Å². The van der Waals surface area contributed by atoms with Crippen LogP contribution in [0.5, 0.6) is 0 Å². The molecule has 2 rings (SSSR count). The van der Waals surface area contributed by atoms with Gasteiger partial charge in [0, 0.05) is 61.6 Å². The molecule has 0 aromatic rings. The molecule has 14 nitrogen and oxygen atoms in total. The highest BCUT2D eigenvalue weighted by Crippen LogP contribution is 2.44. The van der Waals surface area contributed by atoms with Gasteiger partial charge in [0.15, 0.2) is 5.60 Å². The molecule has 1 amide bonds. The molecule has 1 fully saturated rings. The molecule has 256 valence electrons. The first-order valence-electron chi connectivity index (χ1n) is 15.8. The quantitative estimate of drug-likeness (QED) is 0.0379. The van der Waals surface area contributed by atoms with Crippen LogP contribution in [0.3, 0.4) is 0 Å². The van der Waals surface area contributed by atoms with Crippen molar-refractivity contribution < 1.29 is 38.6 Å². The van der Waals surface area contributed by atoms with E-state index in [1.165, 1.54) is 4.90 Å². The SMILES string of the molecule is CC[C@@H](O)[C@@]1(C)OC(=O)N(CCCCN=[N+]=[N-])[C@@H]1C(C)C([C@H](C)C[C@@](C)(OC)[C@H](C)[C@@H](C)C1=C(C)C(=O)OC(C)(C)O1)[N+](=O)[O-]. The summed E-state index contributed by atoms with van der Waals surface area (Å²) in [5.74, 6) is -2.87. The first-order valence-corrected chi connectivity index (χ1v) is 15.8. The highest BCUT2D eigenvalue weighted by atomic mass is 16.7. The topological polar surface area (TPSA) is 186 Å². The number of carbonyl (C=O) groups excluding carboxylic acids is 2. The number of nitro groups is 1. The molecular formula is C31H53N5O9. The number of rotatable bonds is 17. The Morgan fingerprint density at radius 3 is 2.33 bits per heavy atom. The second-order valence-electron chi connectivity index (χ2n) is 13.6. The van der Waals surface area contributed by atoms with Crippen molar-refractivity contribution in [2.24, 2.45) is 28.8 Å². The highest BCUT2D eigenvalue weighted by Gasteiger charge is 2.60. The Bertz CT molecular complexity index is 1170. The van der Waals surface area contributed by atoms with Gasteiger partial charge in [0.1, 0.15) is 5.76 Å². The number of amides is 1. The monoisotopic (exact) mass is 639 g/mol. The number of carbonyl (C=O) groups is 2. The fourth-order valence-corrected chi connectivity index (χ4v) is 7.22. The van der Waals surface area contributed by atoms with Crippen molar-refractivity contribution >= 4 is 12.1 Å². The number of hydrogen-bond donors (Lipinski definition) is 1. The fourth-order valence-electron chi connectivity index (χ4n) is 7.22. The summed E-state index contributed by atoms with van der Waals surface area (Å²) in [4.78, 5) is 42.5. The predicted octanol–water partition coefficient (Wildman–Crippen LogP) is 6.00. The zero-order valence-electron chi connectivity index (χ0n) is 28.7. The van der Waals surface area contributed by atoms with E-state index >= 15 is 0 Å². The number of hydrogen-bond acceptors (Lipinski definition) is 10. The number of aliphatic hydroxyl groups is 1. The number of ether oxygens (including phenoxy) is 4. The van der Waals surface area contributed by atoms with Crippen molar-refractivity contribution in [1.82, 2.24) is 4.90 Å². The van der Waals surface area contributed by atoms with Crippen LogP contribution in [-0.2, 0) is 23.7 Å². The van der Waals surface area contributed by atoms with E-state index in [1.807, 2.05) is 20.8 Å². The molecule has 9 atom stereocenters. The molecule has 2 aliphatic rings. The number of cyclic esters (lactones) is 2. The lowest BCUT2D eigenvalue weighted by molar-refractivity contribution is -0.543. The Morgan fingerprint density at radius 1 is 1.18 bits per heavy atom. The largest absolute Gasteiger partial charge is 0.456 e. The van der Waals surface area contributed by atoms with E-state index in [2.05, 4.69) is 10.0 Å². The van der Waals surface area contributed by atoms with E-state index in [4.69, 9.17) is 24.5 Å². The van der Waals surface area contributed by atoms with Crippen LogP contribution in [0, 0.1) is 33.8 Å². The standard InChI is InChI=1S/C31H53N5O9/c1-12-23(37)31(10)26(35(28(39)45-31)16-14-13-15-33-34-32)20(4)24(36(40)41)18(2)17-30(9,42-11)22(6)19(3)25-21(5)27(38)44-29(7,8)43-25/h18-20,22-24,26,37H,12-17H2,1-11H3/t18-,19-,20?,22-,23-,24?,26-,30-,31-/m1/s1. The molecular weight excluding hydrogens is 586 g/mol. The highest BCUT2D eigenvalue weighted by molar-refractivity contribution is 5.89. The molecule has 0 aromatic heterocycles. The Kier molecular flexibility index (Phi) is 12.7. The minimum absolute atomic E-state index is 0.233. The van der Waals surface area contributed by atoms with Crippen molar-refractivity contribution in [2.75, 3.05) is 20.2 Å². The third-order valence-corrected chi connectivity index (χ3v) is 10.0. The molecule has 2 unspecified atom stereocenters. The third kappa shape index (κ3) is 8.20. The molecule has 0 radical (unpaired) electrons. The minimum Gasteiger partial charge on any atom is -0.456 e.